The average molecular weight is 215 g/mol. The number of anilines is 2. The number of nitrogens with one attached hydrogen (secondary N) is 1. The van der Waals surface area contributed by atoms with Crippen LogP contribution in [0.3, 0.4) is 0 Å². The molecule has 14 heavy (non-hydrogen) atoms. The highest BCUT2D eigenvalue weighted by atomic mass is 35.5. The van der Waals surface area contributed by atoms with Gasteiger partial charge in [-0.25, -0.2) is 0 Å². The van der Waals surface area contributed by atoms with E-state index < -0.39 is 0 Å². The lowest BCUT2D eigenvalue weighted by Gasteiger charge is -2.08. The molecule has 0 atom stereocenters. The fourth-order valence-corrected chi connectivity index (χ4v) is 1.39. The smallest absolute Gasteiger partial charge is 0.0657 e. The van der Waals surface area contributed by atoms with Gasteiger partial charge in [0.2, 0.25) is 0 Å². The van der Waals surface area contributed by atoms with Gasteiger partial charge >= 0.3 is 0 Å². The van der Waals surface area contributed by atoms with E-state index in [9.17, 15) is 0 Å². The van der Waals surface area contributed by atoms with Crippen molar-refractivity contribution in [1.29, 1.82) is 0 Å². The summed E-state index contributed by atoms with van der Waals surface area (Å²) in [4.78, 5) is 0. The van der Waals surface area contributed by atoms with Crippen LogP contribution < -0.4 is 11.1 Å². The van der Waals surface area contributed by atoms with Gasteiger partial charge < -0.3 is 16.2 Å². The first-order valence-corrected chi connectivity index (χ1v) is 5.01. The van der Waals surface area contributed by atoms with Gasteiger partial charge in [-0.1, -0.05) is 11.6 Å². The fourth-order valence-electron chi connectivity index (χ4n) is 1.13. The van der Waals surface area contributed by atoms with E-state index in [0.717, 1.165) is 25.1 Å². The van der Waals surface area contributed by atoms with Gasteiger partial charge in [-0.3, -0.25) is 0 Å². The molecular weight excluding hydrogens is 200 g/mol. The first-order valence-electron chi connectivity index (χ1n) is 4.64. The van der Waals surface area contributed by atoms with Gasteiger partial charge in [0.25, 0.3) is 0 Å². The number of nitrogen functional groups attached to an aromatic ring is 1. The van der Waals surface area contributed by atoms with Crippen LogP contribution >= 0.6 is 11.6 Å². The Morgan fingerprint density at radius 3 is 2.79 bits per heavy atom. The predicted octanol–water partition coefficient (Wildman–Crippen LogP) is 2.11. The van der Waals surface area contributed by atoms with E-state index in [1.54, 1.807) is 12.1 Å². The summed E-state index contributed by atoms with van der Waals surface area (Å²) in [6, 6.07) is 5.38. The summed E-state index contributed by atoms with van der Waals surface area (Å²) in [6.07, 6.45) is 1.73. The van der Waals surface area contributed by atoms with Gasteiger partial charge in [-0.05, 0) is 31.0 Å². The predicted molar refractivity (Wildman–Crippen MR) is 60.7 cm³/mol. The molecule has 78 valence electrons. The van der Waals surface area contributed by atoms with Crippen LogP contribution in [-0.4, -0.2) is 18.3 Å². The van der Waals surface area contributed by atoms with Crippen molar-refractivity contribution in [3.8, 4) is 0 Å². The topological polar surface area (TPSA) is 58.3 Å². The molecule has 4 heteroatoms. The molecule has 0 amide bonds. The Morgan fingerprint density at radius 1 is 1.36 bits per heavy atom. The molecule has 0 aromatic heterocycles. The minimum atomic E-state index is 0.233. The minimum absolute atomic E-state index is 0.233. The summed E-state index contributed by atoms with van der Waals surface area (Å²) in [5.74, 6) is 0. The molecule has 0 unspecified atom stereocenters. The maximum Gasteiger partial charge on any atom is 0.0657 e. The number of hydrogen-bond acceptors (Lipinski definition) is 3. The number of aliphatic hydroxyl groups is 1. The molecule has 4 N–H and O–H groups in total. The zero-order valence-electron chi connectivity index (χ0n) is 7.96. The Hall–Kier alpha value is -0.930. The SMILES string of the molecule is Nc1ccc(NCCCCO)c(Cl)c1. The molecule has 1 aromatic carbocycles. The molecular formula is C10H15ClN2O. The van der Waals surface area contributed by atoms with Crippen molar-refractivity contribution in [2.75, 3.05) is 24.2 Å². The van der Waals surface area contributed by atoms with Crippen LogP contribution in [0.25, 0.3) is 0 Å². The number of halogens is 1. The van der Waals surface area contributed by atoms with Crippen LogP contribution in [0.15, 0.2) is 18.2 Å². The van der Waals surface area contributed by atoms with Gasteiger partial charge in [-0.2, -0.15) is 0 Å². The van der Waals surface area contributed by atoms with E-state index in [4.69, 9.17) is 22.4 Å². The van der Waals surface area contributed by atoms with Crippen molar-refractivity contribution in [3.63, 3.8) is 0 Å². The molecule has 0 saturated heterocycles. The maximum absolute atomic E-state index is 8.58. The van der Waals surface area contributed by atoms with E-state index in [1.807, 2.05) is 6.07 Å². The van der Waals surface area contributed by atoms with Crippen LogP contribution in [0.5, 0.6) is 0 Å². The molecule has 0 saturated carbocycles. The van der Waals surface area contributed by atoms with Crippen LogP contribution in [0.2, 0.25) is 5.02 Å². The molecule has 1 rings (SSSR count). The molecule has 0 heterocycles. The minimum Gasteiger partial charge on any atom is -0.399 e. The third-order valence-corrected chi connectivity index (χ3v) is 2.21. The molecule has 1 aromatic rings. The van der Waals surface area contributed by atoms with Crippen molar-refractivity contribution in [2.45, 2.75) is 12.8 Å². The quantitative estimate of drug-likeness (QED) is 0.520. The second-order valence-electron chi connectivity index (χ2n) is 3.10. The van der Waals surface area contributed by atoms with E-state index in [2.05, 4.69) is 5.32 Å². The molecule has 0 radical (unpaired) electrons. The maximum atomic E-state index is 8.58. The summed E-state index contributed by atoms with van der Waals surface area (Å²) in [6.45, 7) is 1.04. The summed E-state index contributed by atoms with van der Waals surface area (Å²) < 4.78 is 0. The second kappa shape index (κ2) is 5.73. The number of rotatable bonds is 5. The summed E-state index contributed by atoms with van der Waals surface area (Å²) >= 11 is 5.95. The van der Waals surface area contributed by atoms with Gasteiger partial charge in [-0.15, -0.1) is 0 Å². The molecule has 0 aliphatic rings. The van der Waals surface area contributed by atoms with E-state index in [-0.39, 0.29) is 6.61 Å². The van der Waals surface area contributed by atoms with Gasteiger partial charge in [0.1, 0.15) is 0 Å². The number of benzene rings is 1. The molecule has 0 fully saturated rings. The van der Waals surface area contributed by atoms with Gasteiger partial charge in [0, 0.05) is 18.8 Å². The largest absolute Gasteiger partial charge is 0.399 e. The normalized spacial score (nSPS) is 10.1. The van der Waals surface area contributed by atoms with Crippen LogP contribution in [-0.2, 0) is 0 Å². The third kappa shape index (κ3) is 3.44. The number of nitrogens with two attached hydrogens (primary N) is 1. The van der Waals surface area contributed by atoms with Crippen molar-refractivity contribution < 1.29 is 5.11 Å². The Morgan fingerprint density at radius 2 is 2.14 bits per heavy atom. The monoisotopic (exact) mass is 214 g/mol. The Labute approximate surface area is 88.9 Å². The lowest BCUT2D eigenvalue weighted by atomic mass is 10.2. The molecule has 0 aliphatic heterocycles. The number of aliphatic hydroxyl groups excluding tert-OH is 1. The highest BCUT2D eigenvalue weighted by molar-refractivity contribution is 6.33. The highest BCUT2D eigenvalue weighted by Gasteiger charge is 1.98. The average Bonchev–Trinajstić information content (AvgIpc) is 2.15. The van der Waals surface area contributed by atoms with Crippen molar-refractivity contribution in [1.82, 2.24) is 0 Å². The first-order chi connectivity index (χ1) is 6.74. The van der Waals surface area contributed by atoms with Crippen LogP contribution in [0, 0.1) is 0 Å². The second-order valence-corrected chi connectivity index (χ2v) is 3.50. The number of unbranched alkanes of at least 4 members (excludes halogenated alkanes) is 1. The van der Waals surface area contributed by atoms with Crippen LogP contribution in [0.1, 0.15) is 12.8 Å². The molecule has 0 bridgehead atoms. The van der Waals surface area contributed by atoms with E-state index >= 15 is 0 Å². The third-order valence-electron chi connectivity index (χ3n) is 1.89. The Kier molecular flexibility index (Phi) is 4.56. The fraction of sp³-hybridized carbons (Fsp3) is 0.400. The zero-order chi connectivity index (χ0) is 10.4. The van der Waals surface area contributed by atoms with Gasteiger partial charge in [0.05, 0.1) is 10.7 Å². The lowest BCUT2D eigenvalue weighted by Crippen LogP contribution is -2.03. The number of hydrogen-bond donors (Lipinski definition) is 3. The Bertz CT molecular complexity index is 291. The van der Waals surface area contributed by atoms with E-state index in [0.29, 0.717) is 10.7 Å². The van der Waals surface area contributed by atoms with E-state index in [1.165, 1.54) is 0 Å². The first kappa shape index (κ1) is 11.1. The molecule has 0 aliphatic carbocycles. The summed E-state index contributed by atoms with van der Waals surface area (Å²) in [5.41, 5.74) is 7.11. The van der Waals surface area contributed by atoms with Crippen LogP contribution in [0.4, 0.5) is 11.4 Å². The Balaban J connectivity index is 2.42. The molecule has 0 spiro atoms. The highest BCUT2D eigenvalue weighted by Crippen LogP contribution is 2.23. The standard InChI is InChI=1S/C10H15ClN2O/c11-9-7-8(12)3-4-10(9)13-5-1-2-6-14/h3-4,7,13-14H,1-2,5-6,12H2. The molecule has 3 nitrogen and oxygen atoms in total. The lowest BCUT2D eigenvalue weighted by molar-refractivity contribution is 0.286. The van der Waals surface area contributed by atoms with Crippen molar-refractivity contribution >= 4 is 23.0 Å². The van der Waals surface area contributed by atoms with Gasteiger partial charge in [0.15, 0.2) is 0 Å². The zero-order valence-corrected chi connectivity index (χ0v) is 8.72. The summed E-state index contributed by atoms with van der Waals surface area (Å²) in [7, 11) is 0. The van der Waals surface area contributed by atoms with Crippen molar-refractivity contribution in [2.24, 2.45) is 0 Å². The summed E-state index contributed by atoms with van der Waals surface area (Å²) in [5, 5.41) is 12.4. The van der Waals surface area contributed by atoms with Crippen molar-refractivity contribution in [3.05, 3.63) is 23.2 Å².